The minimum absolute atomic E-state index is 0.338. The second kappa shape index (κ2) is 8.00. The van der Waals surface area contributed by atoms with E-state index in [0.29, 0.717) is 6.42 Å². The predicted octanol–water partition coefficient (Wildman–Crippen LogP) is 5.43. The highest BCUT2D eigenvalue weighted by Crippen LogP contribution is 2.46. The molecule has 0 heterocycles. The summed E-state index contributed by atoms with van der Waals surface area (Å²) >= 11 is 0. The largest absolute Gasteiger partial charge is 0.481 e. The van der Waals surface area contributed by atoms with E-state index in [1.165, 1.54) is 44.9 Å². The van der Waals surface area contributed by atoms with E-state index in [-0.39, 0.29) is 0 Å². The van der Waals surface area contributed by atoms with Gasteiger partial charge in [-0.1, -0.05) is 44.3 Å². The smallest absolute Gasteiger partial charge is 0.303 e. The van der Waals surface area contributed by atoms with Crippen LogP contribution >= 0.6 is 0 Å². The quantitative estimate of drug-likeness (QED) is 0.502. The van der Waals surface area contributed by atoms with E-state index >= 15 is 0 Å². The number of carboxylic acids is 1. The SMILES string of the molecule is CC1=CC2C(CCCC2C(C)CCCCCC(=O)O)CC1. The van der Waals surface area contributed by atoms with Crippen LogP contribution in [0.2, 0.25) is 0 Å². The monoisotopic (exact) mass is 292 g/mol. The lowest BCUT2D eigenvalue weighted by Gasteiger charge is -2.42. The maximum atomic E-state index is 10.5. The van der Waals surface area contributed by atoms with Crippen molar-refractivity contribution >= 4 is 5.97 Å². The Labute approximate surface area is 130 Å². The molecule has 1 N–H and O–H groups in total. The number of allylic oxidation sites excluding steroid dienone is 2. The summed E-state index contributed by atoms with van der Waals surface area (Å²) in [4.78, 5) is 10.5. The van der Waals surface area contributed by atoms with Crippen LogP contribution < -0.4 is 0 Å². The molecular formula is C19H32O2. The molecule has 2 rings (SSSR count). The molecule has 0 saturated heterocycles. The van der Waals surface area contributed by atoms with Crippen molar-refractivity contribution in [1.82, 2.24) is 0 Å². The summed E-state index contributed by atoms with van der Waals surface area (Å²) in [7, 11) is 0. The molecule has 0 bridgehead atoms. The number of rotatable bonds is 7. The third kappa shape index (κ3) is 4.86. The first-order chi connectivity index (χ1) is 10.1. The second-order valence-corrected chi connectivity index (χ2v) is 7.45. The van der Waals surface area contributed by atoms with Gasteiger partial charge in [0.05, 0.1) is 0 Å². The number of hydrogen-bond donors (Lipinski definition) is 1. The first-order valence-corrected chi connectivity index (χ1v) is 8.97. The average molecular weight is 292 g/mol. The Morgan fingerprint density at radius 2 is 2.10 bits per heavy atom. The number of carboxylic acid groups (broad SMARTS) is 1. The molecule has 2 nitrogen and oxygen atoms in total. The lowest BCUT2D eigenvalue weighted by Crippen LogP contribution is -2.33. The summed E-state index contributed by atoms with van der Waals surface area (Å²) in [6.45, 7) is 4.74. The lowest BCUT2D eigenvalue weighted by atomic mass is 9.63. The zero-order valence-corrected chi connectivity index (χ0v) is 13.8. The fourth-order valence-electron chi connectivity index (χ4n) is 4.57. The van der Waals surface area contributed by atoms with Crippen molar-refractivity contribution in [2.75, 3.05) is 0 Å². The zero-order chi connectivity index (χ0) is 15.2. The van der Waals surface area contributed by atoms with Crippen LogP contribution in [0.5, 0.6) is 0 Å². The van der Waals surface area contributed by atoms with Crippen LogP contribution in [0.1, 0.15) is 78.1 Å². The van der Waals surface area contributed by atoms with Gasteiger partial charge in [0, 0.05) is 6.42 Å². The molecule has 4 atom stereocenters. The highest BCUT2D eigenvalue weighted by atomic mass is 16.4. The van der Waals surface area contributed by atoms with E-state index in [1.807, 2.05) is 0 Å². The van der Waals surface area contributed by atoms with Crippen LogP contribution in [0.25, 0.3) is 0 Å². The molecule has 120 valence electrons. The van der Waals surface area contributed by atoms with Gasteiger partial charge in [-0.05, 0) is 62.7 Å². The molecule has 0 radical (unpaired) electrons. The minimum Gasteiger partial charge on any atom is -0.481 e. The number of hydrogen-bond acceptors (Lipinski definition) is 1. The van der Waals surface area contributed by atoms with Gasteiger partial charge in [-0.25, -0.2) is 0 Å². The van der Waals surface area contributed by atoms with Gasteiger partial charge in [0.1, 0.15) is 0 Å². The number of fused-ring (bicyclic) bond motifs is 1. The third-order valence-electron chi connectivity index (χ3n) is 5.82. The minimum atomic E-state index is -0.652. The summed E-state index contributed by atoms with van der Waals surface area (Å²) in [5, 5.41) is 8.67. The molecule has 0 aromatic rings. The molecule has 0 amide bonds. The Kier molecular flexibility index (Phi) is 6.32. The van der Waals surface area contributed by atoms with E-state index in [1.54, 1.807) is 5.57 Å². The van der Waals surface area contributed by atoms with Gasteiger partial charge in [-0.15, -0.1) is 0 Å². The van der Waals surface area contributed by atoms with Crippen LogP contribution in [0.4, 0.5) is 0 Å². The first-order valence-electron chi connectivity index (χ1n) is 8.97. The molecular weight excluding hydrogens is 260 g/mol. The van der Waals surface area contributed by atoms with Crippen molar-refractivity contribution in [3.8, 4) is 0 Å². The normalized spacial score (nSPS) is 30.4. The van der Waals surface area contributed by atoms with Crippen LogP contribution in [-0.4, -0.2) is 11.1 Å². The van der Waals surface area contributed by atoms with Gasteiger partial charge in [-0.2, -0.15) is 0 Å². The average Bonchev–Trinajstić information content (AvgIpc) is 2.45. The van der Waals surface area contributed by atoms with Gasteiger partial charge in [0.25, 0.3) is 0 Å². The maximum absolute atomic E-state index is 10.5. The van der Waals surface area contributed by atoms with E-state index < -0.39 is 5.97 Å². The zero-order valence-electron chi connectivity index (χ0n) is 13.8. The standard InChI is InChI=1S/C19H32O2/c1-14-11-12-16-8-6-9-17(18(16)13-14)15(2)7-4-3-5-10-19(20)21/h13,15-18H,3-12H2,1-2H3,(H,20,21). The molecule has 2 heteroatoms. The molecule has 1 saturated carbocycles. The van der Waals surface area contributed by atoms with E-state index in [2.05, 4.69) is 19.9 Å². The van der Waals surface area contributed by atoms with Crippen molar-refractivity contribution < 1.29 is 9.90 Å². The summed E-state index contributed by atoms with van der Waals surface area (Å²) in [5.74, 6) is 2.80. The van der Waals surface area contributed by atoms with E-state index in [0.717, 1.165) is 36.5 Å². The highest BCUT2D eigenvalue weighted by Gasteiger charge is 2.35. The Bertz CT molecular complexity index is 372. The lowest BCUT2D eigenvalue weighted by molar-refractivity contribution is -0.137. The van der Waals surface area contributed by atoms with Crippen LogP contribution in [0, 0.1) is 23.7 Å². The fraction of sp³-hybridized carbons (Fsp3) is 0.842. The Hall–Kier alpha value is -0.790. The van der Waals surface area contributed by atoms with Gasteiger partial charge in [0.15, 0.2) is 0 Å². The molecule has 2 aliphatic rings. The maximum Gasteiger partial charge on any atom is 0.303 e. The Balaban J connectivity index is 1.79. The summed E-state index contributed by atoms with van der Waals surface area (Å²) in [6, 6.07) is 0. The van der Waals surface area contributed by atoms with Crippen molar-refractivity contribution in [2.24, 2.45) is 23.7 Å². The third-order valence-corrected chi connectivity index (χ3v) is 5.82. The van der Waals surface area contributed by atoms with Crippen molar-refractivity contribution in [3.05, 3.63) is 11.6 Å². The molecule has 1 fully saturated rings. The molecule has 0 aromatic carbocycles. The van der Waals surface area contributed by atoms with E-state index in [9.17, 15) is 4.79 Å². The van der Waals surface area contributed by atoms with Crippen molar-refractivity contribution in [2.45, 2.75) is 78.1 Å². The molecule has 0 aromatic heterocycles. The Morgan fingerprint density at radius 3 is 2.86 bits per heavy atom. The molecule has 0 spiro atoms. The first kappa shape index (κ1) is 16.6. The van der Waals surface area contributed by atoms with Crippen molar-refractivity contribution in [3.63, 3.8) is 0 Å². The number of aliphatic carboxylic acids is 1. The van der Waals surface area contributed by atoms with Crippen LogP contribution in [-0.2, 0) is 4.79 Å². The molecule has 0 aliphatic heterocycles. The van der Waals surface area contributed by atoms with E-state index in [4.69, 9.17) is 5.11 Å². The van der Waals surface area contributed by atoms with Gasteiger partial charge >= 0.3 is 5.97 Å². The fourth-order valence-corrected chi connectivity index (χ4v) is 4.57. The number of unbranched alkanes of at least 4 members (excludes halogenated alkanes) is 2. The van der Waals surface area contributed by atoms with Gasteiger partial charge in [-0.3, -0.25) is 4.79 Å². The molecule has 4 unspecified atom stereocenters. The summed E-state index contributed by atoms with van der Waals surface area (Å²) in [5.41, 5.74) is 1.61. The van der Waals surface area contributed by atoms with Crippen molar-refractivity contribution in [1.29, 1.82) is 0 Å². The van der Waals surface area contributed by atoms with Crippen LogP contribution in [0.15, 0.2) is 11.6 Å². The van der Waals surface area contributed by atoms with Gasteiger partial charge < -0.3 is 5.11 Å². The summed E-state index contributed by atoms with van der Waals surface area (Å²) in [6.07, 6.45) is 14.3. The van der Waals surface area contributed by atoms with Gasteiger partial charge in [0.2, 0.25) is 0 Å². The highest BCUT2D eigenvalue weighted by molar-refractivity contribution is 5.66. The molecule has 21 heavy (non-hydrogen) atoms. The molecule has 2 aliphatic carbocycles. The Morgan fingerprint density at radius 1 is 1.29 bits per heavy atom. The van der Waals surface area contributed by atoms with Crippen LogP contribution in [0.3, 0.4) is 0 Å². The predicted molar refractivity (Wildman–Crippen MR) is 87.2 cm³/mol. The summed E-state index contributed by atoms with van der Waals surface area (Å²) < 4.78 is 0. The second-order valence-electron chi connectivity index (χ2n) is 7.45. The topological polar surface area (TPSA) is 37.3 Å². The number of carbonyl (C=O) groups is 1.